The summed E-state index contributed by atoms with van der Waals surface area (Å²) in [4.78, 5) is 22.0. The molecule has 2 amide bonds. The van der Waals surface area contributed by atoms with Gasteiger partial charge in [-0.15, -0.1) is 0 Å². The molecule has 1 rings (SSSR count). The van der Waals surface area contributed by atoms with Crippen LogP contribution >= 0.6 is 15.9 Å². The zero-order chi connectivity index (χ0) is 16.6. The Hall–Kier alpha value is -1.83. The van der Waals surface area contributed by atoms with Gasteiger partial charge in [0.25, 0.3) is 0 Å². The Labute approximate surface area is 133 Å². The van der Waals surface area contributed by atoms with Crippen LogP contribution in [0, 0.1) is 0 Å². The number of halogens is 4. The van der Waals surface area contributed by atoms with Crippen molar-refractivity contribution in [3.05, 3.63) is 40.4 Å². The van der Waals surface area contributed by atoms with E-state index in [1.165, 1.54) is 6.08 Å². The minimum Gasteiger partial charge on any atom is -0.352 e. The van der Waals surface area contributed by atoms with E-state index in [0.717, 1.165) is 10.0 Å². The molecular formula is C14H14BrF3N2O2. The minimum atomic E-state index is -4.88. The van der Waals surface area contributed by atoms with E-state index in [1.54, 1.807) is 11.4 Å². The third-order valence-corrected chi connectivity index (χ3v) is 3.02. The van der Waals surface area contributed by atoms with E-state index in [0.29, 0.717) is 0 Å². The third-order valence-electron chi connectivity index (χ3n) is 2.49. The number of carbonyl (C=O) groups is 2. The van der Waals surface area contributed by atoms with Crippen molar-refractivity contribution >= 4 is 33.8 Å². The molecule has 120 valence electrons. The summed E-state index contributed by atoms with van der Waals surface area (Å²) >= 11 is 3.29. The average molecular weight is 379 g/mol. The fourth-order valence-corrected chi connectivity index (χ4v) is 1.67. The number of benzene rings is 1. The van der Waals surface area contributed by atoms with Crippen LogP contribution < -0.4 is 10.6 Å². The lowest BCUT2D eigenvalue weighted by Gasteiger charge is -2.07. The first-order valence-corrected chi connectivity index (χ1v) is 7.15. The molecule has 0 unspecified atom stereocenters. The molecule has 0 saturated carbocycles. The van der Waals surface area contributed by atoms with E-state index in [9.17, 15) is 22.8 Å². The highest BCUT2D eigenvalue weighted by molar-refractivity contribution is 9.10. The van der Waals surface area contributed by atoms with Gasteiger partial charge in [0.2, 0.25) is 5.91 Å². The van der Waals surface area contributed by atoms with Crippen LogP contribution in [0.1, 0.15) is 12.0 Å². The Morgan fingerprint density at radius 1 is 1.09 bits per heavy atom. The molecule has 0 atom stereocenters. The van der Waals surface area contributed by atoms with E-state index in [1.807, 2.05) is 24.3 Å². The average Bonchev–Trinajstić information content (AvgIpc) is 2.45. The van der Waals surface area contributed by atoms with Crippen molar-refractivity contribution in [1.29, 1.82) is 0 Å². The lowest BCUT2D eigenvalue weighted by molar-refractivity contribution is -0.173. The maximum absolute atomic E-state index is 11.9. The van der Waals surface area contributed by atoms with Gasteiger partial charge in [0.05, 0.1) is 0 Å². The molecule has 0 saturated heterocycles. The molecule has 0 aromatic heterocycles. The number of nitrogens with one attached hydrogen (secondary N) is 2. The van der Waals surface area contributed by atoms with Crippen molar-refractivity contribution in [2.24, 2.45) is 0 Å². The van der Waals surface area contributed by atoms with Crippen LogP contribution in [0.2, 0.25) is 0 Å². The molecule has 0 radical (unpaired) electrons. The van der Waals surface area contributed by atoms with Crippen LogP contribution in [0.4, 0.5) is 13.2 Å². The van der Waals surface area contributed by atoms with Crippen LogP contribution in [0.15, 0.2) is 34.8 Å². The molecule has 0 heterocycles. The second-order valence-electron chi connectivity index (χ2n) is 4.28. The van der Waals surface area contributed by atoms with Crippen molar-refractivity contribution in [2.45, 2.75) is 12.6 Å². The second-order valence-corrected chi connectivity index (χ2v) is 5.20. The number of alkyl halides is 3. The van der Waals surface area contributed by atoms with Crippen molar-refractivity contribution in [1.82, 2.24) is 10.6 Å². The summed E-state index contributed by atoms with van der Waals surface area (Å²) in [5.41, 5.74) is 0.843. The molecule has 4 nitrogen and oxygen atoms in total. The lowest BCUT2D eigenvalue weighted by Crippen LogP contribution is -2.38. The third kappa shape index (κ3) is 7.26. The Morgan fingerprint density at radius 2 is 1.68 bits per heavy atom. The first kappa shape index (κ1) is 18.2. The SMILES string of the molecule is O=C(/C=C/c1ccc(Br)cc1)NCCCNC(=O)C(F)(F)F. The Bertz CT molecular complexity index is 542. The number of carbonyl (C=O) groups excluding carboxylic acids is 2. The molecule has 0 fully saturated rings. The van der Waals surface area contributed by atoms with Gasteiger partial charge in [-0.1, -0.05) is 28.1 Å². The molecule has 1 aromatic carbocycles. The fourth-order valence-electron chi connectivity index (χ4n) is 1.41. The zero-order valence-corrected chi connectivity index (χ0v) is 13.0. The van der Waals surface area contributed by atoms with Crippen LogP contribution in [0.25, 0.3) is 6.08 Å². The molecule has 1 aromatic rings. The number of rotatable bonds is 6. The summed E-state index contributed by atoms with van der Waals surface area (Å²) in [5.74, 6) is -2.33. The van der Waals surface area contributed by atoms with Gasteiger partial charge in [0.1, 0.15) is 0 Å². The van der Waals surface area contributed by atoms with Crippen LogP contribution in [-0.4, -0.2) is 31.1 Å². The topological polar surface area (TPSA) is 58.2 Å². The van der Waals surface area contributed by atoms with Crippen molar-refractivity contribution in [3.63, 3.8) is 0 Å². The van der Waals surface area contributed by atoms with E-state index >= 15 is 0 Å². The summed E-state index contributed by atoms with van der Waals surface area (Å²) in [6, 6.07) is 7.31. The zero-order valence-electron chi connectivity index (χ0n) is 11.4. The van der Waals surface area contributed by atoms with Crippen molar-refractivity contribution in [2.75, 3.05) is 13.1 Å². The maximum atomic E-state index is 11.9. The highest BCUT2D eigenvalue weighted by atomic mass is 79.9. The van der Waals surface area contributed by atoms with Gasteiger partial charge in [-0.05, 0) is 30.2 Å². The number of hydrogen-bond acceptors (Lipinski definition) is 2. The van der Waals surface area contributed by atoms with E-state index in [4.69, 9.17) is 0 Å². The van der Waals surface area contributed by atoms with Gasteiger partial charge in [-0.3, -0.25) is 9.59 Å². The van der Waals surface area contributed by atoms with Gasteiger partial charge >= 0.3 is 12.1 Å². The number of hydrogen-bond donors (Lipinski definition) is 2. The summed E-state index contributed by atoms with van der Waals surface area (Å²) in [7, 11) is 0. The summed E-state index contributed by atoms with van der Waals surface area (Å²) in [6.45, 7) is 0.0106. The van der Waals surface area contributed by atoms with E-state index in [-0.39, 0.29) is 25.4 Å². The molecule has 0 spiro atoms. The first-order chi connectivity index (χ1) is 10.3. The van der Waals surface area contributed by atoms with Gasteiger partial charge in [0.15, 0.2) is 0 Å². The number of amides is 2. The highest BCUT2D eigenvalue weighted by Gasteiger charge is 2.38. The van der Waals surface area contributed by atoms with Crippen LogP contribution in [0.5, 0.6) is 0 Å². The first-order valence-electron chi connectivity index (χ1n) is 6.35. The predicted molar refractivity (Wildman–Crippen MR) is 79.9 cm³/mol. The van der Waals surface area contributed by atoms with Gasteiger partial charge in [-0.2, -0.15) is 13.2 Å². The van der Waals surface area contributed by atoms with E-state index < -0.39 is 12.1 Å². The summed E-state index contributed by atoms with van der Waals surface area (Å²) < 4.78 is 36.6. The molecule has 0 aliphatic heterocycles. The van der Waals surface area contributed by atoms with Gasteiger partial charge in [0, 0.05) is 23.6 Å². The molecule has 2 N–H and O–H groups in total. The fraction of sp³-hybridized carbons (Fsp3) is 0.286. The van der Waals surface area contributed by atoms with Gasteiger partial charge in [-0.25, -0.2) is 0 Å². The predicted octanol–water partition coefficient (Wildman–Crippen LogP) is 2.65. The molecule has 0 aliphatic carbocycles. The standard InChI is InChI=1S/C14H14BrF3N2O2/c15-11-5-2-10(3-6-11)4-7-12(21)19-8-1-9-20-13(22)14(16,17)18/h2-7H,1,8-9H2,(H,19,21)(H,20,22)/b7-4+. The molecule has 22 heavy (non-hydrogen) atoms. The summed E-state index contributed by atoms with van der Waals surface area (Å²) in [5, 5.41) is 4.23. The minimum absolute atomic E-state index is 0.158. The maximum Gasteiger partial charge on any atom is 0.471 e. The quantitative estimate of drug-likeness (QED) is 0.590. The largest absolute Gasteiger partial charge is 0.471 e. The smallest absolute Gasteiger partial charge is 0.352 e. The molecule has 0 bridgehead atoms. The van der Waals surface area contributed by atoms with Crippen LogP contribution in [0.3, 0.4) is 0 Å². The van der Waals surface area contributed by atoms with Crippen LogP contribution in [-0.2, 0) is 9.59 Å². The highest BCUT2D eigenvalue weighted by Crippen LogP contribution is 2.13. The van der Waals surface area contributed by atoms with Gasteiger partial charge < -0.3 is 10.6 Å². The Kier molecular flexibility index (Phi) is 7.10. The Morgan fingerprint density at radius 3 is 2.27 bits per heavy atom. The molecule has 0 aliphatic rings. The van der Waals surface area contributed by atoms with E-state index in [2.05, 4.69) is 21.2 Å². The Balaban J connectivity index is 2.21. The summed E-state index contributed by atoms with van der Waals surface area (Å²) in [6.07, 6.45) is -1.72. The molecular weight excluding hydrogens is 365 g/mol. The van der Waals surface area contributed by atoms with Crippen molar-refractivity contribution in [3.8, 4) is 0 Å². The lowest BCUT2D eigenvalue weighted by atomic mass is 10.2. The van der Waals surface area contributed by atoms with Crippen molar-refractivity contribution < 1.29 is 22.8 Å². The second kappa shape index (κ2) is 8.57. The normalized spacial score (nSPS) is 11.5. The molecule has 8 heteroatoms. The monoisotopic (exact) mass is 378 g/mol.